The van der Waals surface area contributed by atoms with Gasteiger partial charge in [-0.3, -0.25) is 9.11 Å². The maximum atomic E-state index is 12.0. The number of halogens is 1. The van der Waals surface area contributed by atoms with Gasteiger partial charge in [-0.1, -0.05) is 29.8 Å². The fourth-order valence-corrected chi connectivity index (χ4v) is 8.01. The second kappa shape index (κ2) is 14.2. The van der Waals surface area contributed by atoms with E-state index in [-0.39, 0.29) is 9.79 Å². The van der Waals surface area contributed by atoms with E-state index in [1.165, 1.54) is 12.1 Å². The van der Waals surface area contributed by atoms with Crippen LogP contribution in [0.1, 0.15) is 51.7 Å². The lowest BCUT2D eigenvalue weighted by molar-refractivity contribution is -0.871. The van der Waals surface area contributed by atoms with Crippen LogP contribution in [0.2, 0.25) is 0 Å². The summed E-state index contributed by atoms with van der Waals surface area (Å²) in [6.45, 7) is 11.5. The van der Waals surface area contributed by atoms with Gasteiger partial charge in [-0.05, 0) is 95.0 Å². The van der Waals surface area contributed by atoms with Crippen molar-refractivity contribution in [3.63, 3.8) is 0 Å². The number of rotatable bonds is 13. The van der Waals surface area contributed by atoms with E-state index in [0.717, 1.165) is 81.9 Å². The van der Waals surface area contributed by atoms with Gasteiger partial charge >= 0.3 is 0 Å². The number of hydrogen-bond acceptors (Lipinski definition) is 6. The fraction of sp³-hybridized carbons (Fsp3) is 0.472. The van der Waals surface area contributed by atoms with Gasteiger partial charge in [-0.2, -0.15) is 21.4 Å². The van der Waals surface area contributed by atoms with Crippen LogP contribution in [-0.2, 0) is 31.1 Å². The van der Waals surface area contributed by atoms with E-state index in [0.29, 0.717) is 0 Å². The number of hydrogen-bond donors (Lipinski definition) is 2. The standard InChI is InChI=1S/C36H49BrN4O6S2/c1-35(2)29-24-27(48(42,43)44)14-16-31(29)39(21-10-20-38(5)6)33(35)18-12-26(37)13-19-34-36(3,4)30-25-28(49(45,46)47)15-17-32(30)40(34)22-11-23-41(7,8)9/h12-19,24-25H,10-11,20-23H2,1-9H3/p+2. The quantitative estimate of drug-likeness (QED) is 0.108. The van der Waals surface area contributed by atoms with Crippen LogP contribution in [0, 0.1) is 0 Å². The van der Waals surface area contributed by atoms with Gasteiger partial charge in [-0.15, -0.1) is 0 Å². The molecule has 268 valence electrons. The minimum atomic E-state index is -4.36. The molecule has 0 radical (unpaired) electrons. The second-order valence-corrected chi connectivity index (χ2v) is 19.0. The average molecular weight is 780 g/mol. The van der Waals surface area contributed by atoms with Crippen molar-refractivity contribution in [3.8, 4) is 0 Å². The highest BCUT2D eigenvalue weighted by Gasteiger charge is 2.45. The van der Waals surface area contributed by atoms with Crippen LogP contribution >= 0.6 is 15.9 Å². The third kappa shape index (κ3) is 8.81. The Morgan fingerprint density at radius 2 is 1.51 bits per heavy atom. The Hall–Kier alpha value is -2.65. The zero-order chi connectivity index (χ0) is 36.7. The van der Waals surface area contributed by atoms with Crippen molar-refractivity contribution in [2.45, 2.75) is 61.2 Å². The molecule has 0 fully saturated rings. The first kappa shape index (κ1) is 39.1. The highest BCUT2D eigenvalue weighted by Crippen LogP contribution is 2.48. The van der Waals surface area contributed by atoms with Crippen molar-refractivity contribution in [1.29, 1.82) is 0 Å². The molecule has 0 bridgehead atoms. The third-order valence-corrected chi connectivity index (χ3v) is 11.5. The highest BCUT2D eigenvalue weighted by molar-refractivity contribution is 9.11. The molecule has 4 rings (SSSR count). The lowest BCUT2D eigenvalue weighted by Gasteiger charge is -2.27. The molecular formula is C36H51BrN4O6S2+2. The number of benzene rings is 2. The summed E-state index contributed by atoms with van der Waals surface area (Å²) in [7, 11) is 1.81. The first-order valence-corrected chi connectivity index (χ1v) is 20.0. The van der Waals surface area contributed by atoms with Crippen LogP contribution in [0.25, 0.3) is 0 Å². The molecule has 49 heavy (non-hydrogen) atoms. The Morgan fingerprint density at radius 1 is 0.918 bits per heavy atom. The Labute approximate surface area is 301 Å². The van der Waals surface area contributed by atoms with E-state index in [2.05, 4.69) is 85.2 Å². The molecule has 0 spiro atoms. The molecule has 2 aromatic carbocycles. The molecule has 0 atom stereocenters. The first-order valence-electron chi connectivity index (χ1n) is 16.3. The summed E-state index contributed by atoms with van der Waals surface area (Å²) in [5.74, 6) is 0. The van der Waals surface area contributed by atoms with Gasteiger partial charge < -0.3 is 14.3 Å². The summed E-state index contributed by atoms with van der Waals surface area (Å²) in [4.78, 5) is 4.10. The Kier molecular flexibility index (Phi) is 11.3. The summed E-state index contributed by atoms with van der Waals surface area (Å²) in [6.07, 6.45) is 9.88. The predicted octanol–water partition coefficient (Wildman–Crippen LogP) is 6.12. The normalized spacial score (nSPS) is 18.7. The van der Waals surface area contributed by atoms with Gasteiger partial charge in [0.15, 0.2) is 12.3 Å². The molecule has 2 aliphatic heterocycles. The van der Waals surface area contributed by atoms with Gasteiger partial charge in [0, 0.05) is 45.5 Å². The Bertz CT molecular complexity index is 1950. The monoisotopic (exact) mass is 778 g/mol. The number of anilines is 1. The van der Waals surface area contributed by atoms with Gasteiger partial charge in [0.2, 0.25) is 5.69 Å². The summed E-state index contributed by atoms with van der Waals surface area (Å²) in [6, 6.07) is 9.60. The molecule has 0 unspecified atom stereocenters. The van der Waals surface area contributed by atoms with Crippen LogP contribution < -0.4 is 4.90 Å². The topological polar surface area (TPSA) is 118 Å². The highest BCUT2D eigenvalue weighted by atomic mass is 79.9. The SMILES string of the molecule is CN(C)CCCN1/C(=C/C=C(Br)/C=C/C2=[N+](CCC[N+](C)(C)C)c3ccc(S(=O)(=O)O)cc3C2(C)C)C(C)(C)c2cc(S(=O)(=O)O)ccc21. The number of allylic oxidation sites excluding steroid dienone is 6. The van der Waals surface area contributed by atoms with Crippen molar-refractivity contribution in [2.24, 2.45) is 0 Å². The molecule has 0 amide bonds. The summed E-state index contributed by atoms with van der Waals surface area (Å²) < 4.78 is 71.5. The van der Waals surface area contributed by atoms with Gasteiger partial charge in [0.25, 0.3) is 20.2 Å². The van der Waals surface area contributed by atoms with Crippen molar-refractivity contribution >= 4 is 53.3 Å². The molecule has 0 aliphatic carbocycles. The Balaban J connectivity index is 1.74. The molecule has 2 N–H and O–H groups in total. The van der Waals surface area contributed by atoms with Gasteiger partial charge in [-0.25, -0.2) is 0 Å². The molecular weight excluding hydrogens is 728 g/mol. The molecule has 0 aromatic heterocycles. The second-order valence-electron chi connectivity index (χ2n) is 15.2. The van der Waals surface area contributed by atoms with Crippen LogP contribution in [-0.4, -0.2) is 107 Å². The summed E-state index contributed by atoms with van der Waals surface area (Å²) in [5, 5.41) is 0. The largest absolute Gasteiger partial charge is 0.344 e. The number of quaternary nitrogens is 1. The van der Waals surface area contributed by atoms with Crippen molar-refractivity contribution in [1.82, 2.24) is 4.90 Å². The minimum absolute atomic E-state index is 0.123. The summed E-state index contributed by atoms with van der Waals surface area (Å²) in [5.41, 5.74) is 4.41. The average Bonchev–Trinajstić information content (AvgIpc) is 3.31. The smallest absolute Gasteiger partial charge is 0.294 e. The van der Waals surface area contributed by atoms with E-state index >= 15 is 0 Å². The number of fused-ring (bicyclic) bond motifs is 2. The zero-order valence-electron chi connectivity index (χ0n) is 30.0. The lowest BCUT2D eigenvalue weighted by atomic mass is 9.81. The maximum absolute atomic E-state index is 12.0. The van der Waals surface area contributed by atoms with E-state index in [9.17, 15) is 25.9 Å². The predicted molar refractivity (Wildman–Crippen MR) is 201 cm³/mol. The minimum Gasteiger partial charge on any atom is -0.344 e. The molecule has 0 saturated heterocycles. The van der Waals surface area contributed by atoms with Gasteiger partial charge in [0.05, 0.1) is 49.3 Å². The van der Waals surface area contributed by atoms with Crippen molar-refractivity contribution in [2.75, 3.05) is 66.3 Å². The molecule has 13 heteroatoms. The molecule has 2 aromatic rings. The van der Waals surface area contributed by atoms with Gasteiger partial charge in [0.1, 0.15) is 0 Å². The van der Waals surface area contributed by atoms with E-state index < -0.39 is 31.1 Å². The van der Waals surface area contributed by atoms with Crippen LogP contribution in [0.5, 0.6) is 0 Å². The van der Waals surface area contributed by atoms with Crippen molar-refractivity contribution in [3.05, 3.63) is 82.0 Å². The molecule has 2 heterocycles. The first-order chi connectivity index (χ1) is 22.4. The van der Waals surface area contributed by atoms with Crippen LogP contribution in [0.4, 0.5) is 11.4 Å². The van der Waals surface area contributed by atoms with E-state index in [4.69, 9.17) is 0 Å². The molecule has 0 saturated carbocycles. The molecule has 2 aliphatic rings. The number of nitrogens with zero attached hydrogens (tertiary/aromatic N) is 4. The fourth-order valence-electron chi connectivity index (χ4n) is 6.73. The van der Waals surface area contributed by atoms with Crippen LogP contribution in [0.3, 0.4) is 0 Å². The summed E-state index contributed by atoms with van der Waals surface area (Å²) >= 11 is 3.75. The van der Waals surface area contributed by atoms with E-state index in [1.54, 1.807) is 24.3 Å². The van der Waals surface area contributed by atoms with Crippen LogP contribution in [0.15, 0.2) is 80.7 Å². The zero-order valence-corrected chi connectivity index (χ0v) is 33.2. The third-order valence-electron chi connectivity index (χ3n) is 9.32. The Morgan fingerprint density at radius 3 is 2.08 bits per heavy atom. The molecule has 10 nitrogen and oxygen atoms in total. The lowest BCUT2D eigenvalue weighted by Crippen LogP contribution is -2.36. The van der Waals surface area contributed by atoms with Crippen molar-refractivity contribution < 1.29 is 35.0 Å². The van der Waals surface area contributed by atoms with E-state index in [1.807, 2.05) is 32.3 Å². The maximum Gasteiger partial charge on any atom is 0.294 e.